The van der Waals surface area contributed by atoms with E-state index in [1.54, 1.807) is 21.1 Å². The van der Waals surface area contributed by atoms with E-state index in [1.807, 2.05) is 24.3 Å². The second-order valence-corrected chi connectivity index (χ2v) is 10.1. The lowest BCUT2D eigenvalue weighted by molar-refractivity contribution is 0.0735. The van der Waals surface area contributed by atoms with Gasteiger partial charge in [0.05, 0.1) is 11.2 Å². The summed E-state index contributed by atoms with van der Waals surface area (Å²) in [7, 11) is 1.77. The molecule has 182 valence electrons. The molecule has 10 heteroatoms. The van der Waals surface area contributed by atoms with Crippen LogP contribution in [0.4, 0.5) is 5.69 Å². The van der Waals surface area contributed by atoms with Crippen LogP contribution in [0.3, 0.4) is 0 Å². The number of hydrogen-bond donors (Lipinski definition) is 0. The molecule has 0 spiro atoms. The number of hydrogen-bond acceptors (Lipinski definition) is 7. The van der Waals surface area contributed by atoms with Crippen LogP contribution in [-0.4, -0.2) is 61.4 Å². The molecule has 0 saturated carbocycles. The summed E-state index contributed by atoms with van der Waals surface area (Å²) in [6.07, 6.45) is 1.34. The molecule has 0 aliphatic carbocycles. The predicted molar refractivity (Wildman–Crippen MR) is 132 cm³/mol. The zero-order chi connectivity index (χ0) is 24.7. The van der Waals surface area contributed by atoms with Gasteiger partial charge in [-0.05, 0) is 34.8 Å². The lowest BCUT2D eigenvalue weighted by atomic mass is 9.97. The maximum Gasteiger partial charge on any atom is 0.330 e. The van der Waals surface area contributed by atoms with Crippen molar-refractivity contribution < 1.29 is 9.42 Å². The van der Waals surface area contributed by atoms with Crippen LogP contribution in [0, 0.1) is 5.41 Å². The summed E-state index contributed by atoms with van der Waals surface area (Å²) in [4.78, 5) is 34.2. The molecule has 10 nitrogen and oxygen atoms in total. The number of benzene rings is 1. The van der Waals surface area contributed by atoms with Gasteiger partial charge in [0.15, 0.2) is 11.3 Å². The number of pyridine rings is 1. The number of aryl methyl sites for hydroxylation is 1. The van der Waals surface area contributed by atoms with Crippen molar-refractivity contribution in [1.29, 1.82) is 0 Å². The van der Waals surface area contributed by atoms with Crippen molar-refractivity contribution in [2.75, 3.05) is 31.1 Å². The Morgan fingerprint density at radius 3 is 2.54 bits per heavy atom. The van der Waals surface area contributed by atoms with Crippen LogP contribution in [0.2, 0.25) is 0 Å². The Kier molecular flexibility index (Phi) is 5.66. The normalized spacial score (nSPS) is 14.6. The summed E-state index contributed by atoms with van der Waals surface area (Å²) in [6.45, 7) is 9.56. The van der Waals surface area contributed by atoms with E-state index in [9.17, 15) is 9.59 Å². The number of nitrogens with zero attached hydrogens (tertiary/aromatic N) is 7. The number of carbonyl (C=O) groups excluding carboxylic acids is 1. The minimum absolute atomic E-state index is 0.0222. The third-order valence-electron chi connectivity index (χ3n) is 6.27. The maximum atomic E-state index is 12.9. The van der Waals surface area contributed by atoms with E-state index in [-0.39, 0.29) is 22.7 Å². The Balaban J connectivity index is 1.37. The van der Waals surface area contributed by atoms with Gasteiger partial charge in [-0.15, -0.1) is 0 Å². The number of amides is 1. The van der Waals surface area contributed by atoms with E-state index in [0.717, 1.165) is 22.5 Å². The highest BCUT2D eigenvalue weighted by Gasteiger charge is 2.25. The van der Waals surface area contributed by atoms with E-state index in [4.69, 9.17) is 4.98 Å². The van der Waals surface area contributed by atoms with Crippen LogP contribution >= 0.6 is 0 Å². The molecule has 0 bridgehead atoms. The van der Waals surface area contributed by atoms with Gasteiger partial charge in [-0.25, -0.2) is 14.4 Å². The predicted octanol–water partition coefficient (Wildman–Crippen LogP) is 2.79. The lowest BCUT2D eigenvalue weighted by Gasteiger charge is -2.35. The Morgan fingerprint density at radius 2 is 1.86 bits per heavy atom. The van der Waals surface area contributed by atoms with Gasteiger partial charge in [-0.2, -0.15) is 0 Å². The van der Waals surface area contributed by atoms with Crippen LogP contribution in [0.1, 0.15) is 31.3 Å². The summed E-state index contributed by atoms with van der Waals surface area (Å²) >= 11 is 0. The summed E-state index contributed by atoms with van der Waals surface area (Å²) < 4.78 is 7.98. The first-order chi connectivity index (χ1) is 16.7. The molecule has 35 heavy (non-hydrogen) atoms. The molecule has 1 amide bonds. The van der Waals surface area contributed by atoms with Crippen molar-refractivity contribution in [2.24, 2.45) is 12.5 Å². The lowest BCUT2D eigenvalue weighted by Crippen LogP contribution is -2.48. The third-order valence-corrected chi connectivity index (χ3v) is 6.27. The van der Waals surface area contributed by atoms with Crippen LogP contribution in [0.25, 0.3) is 22.4 Å². The van der Waals surface area contributed by atoms with Crippen molar-refractivity contribution >= 4 is 22.8 Å². The van der Waals surface area contributed by atoms with E-state index < -0.39 is 0 Å². The minimum atomic E-state index is -0.166. The average molecular weight is 476 g/mol. The molecule has 0 N–H and O–H groups in total. The van der Waals surface area contributed by atoms with E-state index in [2.05, 4.69) is 52.7 Å². The number of anilines is 1. The molecule has 1 saturated heterocycles. The van der Waals surface area contributed by atoms with Crippen molar-refractivity contribution in [1.82, 2.24) is 29.3 Å². The molecule has 0 radical (unpaired) electrons. The van der Waals surface area contributed by atoms with Crippen LogP contribution in [0.5, 0.6) is 0 Å². The molecule has 1 aromatic carbocycles. The standard InChI is InChI=1S/C25H29N7O3/c1-25(2,3)16-32-21-9-8-19(27-22(21)29(4)24(32)34)17-6-5-7-18(14-17)30-10-12-31(13-11-30)23(33)20-15-26-35-28-20/h5-9,14-15H,10-13,16H2,1-4H3. The van der Waals surface area contributed by atoms with Crippen LogP contribution in [-0.2, 0) is 13.6 Å². The van der Waals surface area contributed by atoms with E-state index in [0.29, 0.717) is 38.4 Å². The van der Waals surface area contributed by atoms with Crippen LogP contribution in [0.15, 0.2) is 52.0 Å². The third kappa shape index (κ3) is 4.43. The van der Waals surface area contributed by atoms with Gasteiger partial charge in [0.1, 0.15) is 6.20 Å². The fourth-order valence-electron chi connectivity index (χ4n) is 4.51. The maximum absolute atomic E-state index is 12.9. The topological polar surface area (TPSA) is 102 Å². The fraction of sp³-hybridized carbons (Fsp3) is 0.400. The van der Waals surface area contributed by atoms with Gasteiger partial charge in [-0.1, -0.05) is 38.1 Å². The number of aromatic nitrogens is 5. The summed E-state index contributed by atoms with van der Waals surface area (Å²) in [5, 5.41) is 7.16. The molecule has 1 fully saturated rings. The highest BCUT2D eigenvalue weighted by atomic mass is 16.6. The number of rotatable bonds is 4. The molecule has 5 rings (SSSR count). The first-order valence-electron chi connectivity index (χ1n) is 11.7. The molecule has 1 aliphatic heterocycles. The van der Waals surface area contributed by atoms with Gasteiger partial charge in [-0.3, -0.25) is 13.9 Å². The smallest absolute Gasteiger partial charge is 0.330 e. The Labute approximate surface area is 202 Å². The quantitative estimate of drug-likeness (QED) is 0.447. The van der Waals surface area contributed by atoms with Crippen molar-refractivity contribution in [2.45, 2.75) is 27.3 Å². The van der Waals surface area contributed by atoms with Crippen LogP contribution < -0.4 is 10.6 Å². The van der Waals surface area contributed by atoms with Gasteiger partial charge in [0, 0.05) is 51.0 Å². The molecule has 1 aliphatic rings. The van der Waals surface area contributed by atoms with Gasteiger partial charge >= 0.3 is 5.69 Å². The molecule has 0 unspecified atom stereocenters. The van der Waals surface area contributed by atoms with Crippen molar-refractivity contribution in [3.8, 4) is 11.3 Å². The van der Waals surface area contributed by atoms with Crippen molar-refractivity contribution in [3.05, 3.63) is 58.8 Å². The highest BCUT2D eigenvalue weighted by molar-refractivity contribution is 5.92. The average Bonchev–Trinajstić information content (AvgIpc) is 3.47. The Hall–Kier alpha value is -3.95. The molecule has 4 aromatic rings. The monoisotopic (exact) mass is 475 g/mol. The number of carbonyl (C=O) groups is 1. The molecule has 3 aromatic heterocycles. The first kappa shape index (κ1) is 22.8. The number of fused-ring (bicyclic) bond motifs is 1. The second kappa shape index (κ2) is 8.68. The zero-order valence-corrected chi connectivity index (χ0v) is 20.4. The fourth-order valence-corrected chi connectivity index (χ4v) is 4.51. The Morgan fingerprint density at radius 1 is 1.09 bits per heavy atom. The highest BCUT2D eigenvalue weighted by Crippen LogP contribution is 2.27. The van der Waals surface area contributed by atoms with Gasteiger partial charge in [0.2, 0.25) is 0 Å². The van der Waals surface area contributed by atoms with Crippen molar-refractivity contribution in [3.63, 3.8) is 0 Å². The van der Waals surface area contributed by atoms with E-state index in [1.165, 1.54) is 6.20 Å². The Bertz CT molecular complexity index is 1420. The summed E-state index contributed by atoms with van der Waals surface area (Å²) in [5.41, 5.74) is 4.54. The SMILES string of the molecule is Cn1c(=O)n(CC(C)(C)C)c2ccc(-c3cccc(N4CCN(C(=O)c5cnon5)CC4)c3)nc21. The number of piperazine rings is 1. The molecule has 4 heterocycles. The summed E-state index contributed by atoms with van der Waals surface area (Å²) in [5.74, 6) is -0.166. The summed E-state index contributed by atoms with van der Waals surface area (Å²) in [6, 6.07) is 12.2. The van der Waals surface area contributed by atoms with Gasteiger partial charge in [0.25, 0.3) is 5.91 Å². The van der Waals surface area contributed by atoms with E-state index >= 15 is 0 Å². The van der Waals surface area contributed by atoms with Gasteiger partial charge < -0.3 is 9.80 Å². The molecular weight excluding hydrogens is 446 g/mol. The molecule has 0 atom stereocenters. The zero-order valence-electron chi connectivity index (χ0n) is 20.4. The minimum Gasteiger partial charge on any atom is -0.368 e. The largest absolute Gasteiger partial charge is 0.368 e. The second-order valence-electron chi connectivity index (χ2n) is 10.1. The molecular formula is C25H29N7O3. The first-order valence-corrected chi connectivity index (χ1v) is 11.7. The number of imidazole rings is 1.